The molecule has 1 aliphatic heterocycles. The molecule has 0 aliphatic carbocycles. The van der Waals surface area contributed by atoms with Crippen LogP contribution in [0.25, 0.3) is 0 Å². The lowest BCUT2D eigenvalue weighted by molar-refractivity contribution is -0.137. The van der Waals surface area contributed by atoms with Crippen LogP contribution in [0.15, 0.2) is 0 Å². The molecule has 4 nitrogen and oxygen atoms in total. The van der Waals surface area contributed by atoms with Gasteiger partial charge >= 0.3 is 5.97 Å². The Morgan fingerprint density at radius 1 is 1.80 bits per heavy atom. The fourth-order valence-corrected chi connectivity index (χ4v) is 1.06. The molecule has 10 heavy (non-hydrogen) atoms. The number of carboxylic acids is 1. The zero-order valence-corrected chi connectivity index (χ0v) is 5.46. The fourth-order valence-electron chi connectivity index (χ4n) is 1.06. The lowest BCUT2D eigenvalue weighted by Gasteiger charge is -1.99. The number of rotatable bonds is 2. The standard InChI is InChI=1S/C6H9NO3/c8-5-1-4(3-7-5)2-6(9)10/h4H,1-3H2,(H,7,8)(H,9,10). The van der Waals surface area contributed by atoms with Crippen molar-refractivity contribution in [3.05, 3.63) is 0 Å². The lowest BCUT2D eigenvalue weighted by Crippen LogP contribution is -2.14. The Balaban J connectivity index is 2.31. The minimum atomic E-state index is -0.832. The molecule has 1 heterocycles. The predicted molar refractivity (Wildman–Crippen MR) is 33.4 cm³/mol. The van der Waals surface area contributed by atoms with E-state index in [4.69, 9.17) is 5.11 Å². The molecule has 0 saturated carbocycles. The van der Waals surface area contributed by atoms with Crippen molar-refractivity contribution < 1.29 is 14.7 Å². The van der Waals surface area contributed by atoms with E-state index in [0.717, 1.165) is 0 Å². The van der Waals surface area contributed by atoms with Gasteiger partial charge in [-0.3, -0.25) is 9.59 Å². The molecule has 56 valence electrons. The number of carbonyl (C=O) groups excluding carboxylic acids is 1. The number of aliphatic carboxylic acids is 1. The number of carboxylic acid groups (broad SMARTS) is 1. The summed E-state index contributed by atoms with van der Waals surface area (Å²) in [6.07, 6.45) is 0.463. The minimum absolute atomic E-state index is 0.00463. The van der Waals surface area contributed by atoms with E-state index in [2.05, 4.69) is 5.32 Å². The summed E-state index contributed by atoms with van der Waals surface area (Å²) in [7, 11) is 0. The molecule has 0 bridgehead atoms. The van der Waals surface area contributed by atoms with Crippen molar-refractivity contribution in [3.8, 4) is 0 Å². The molecule has 2 N–H and O–H groups in total. The van der Waals surface area contributed by atoms with Crippen LogP contribution in [0.3, 0.4) is 0 Å². The highest BCUT2D eigenvalue weighted by molar-refractivity contribution is 5.79. The highest BCUT2D eigenvalue weighted by atomic mass is 16.4. The van der Waals surface area contributed by atoms with Gasteiger partial charge in [-0.15, -0.1) is 0 Å². The maximum absolute atomic E-state index is 10.5. The summed E-state index contributed by atoms with van der Waals surface area (Å²) in [5, 5.41) is 10.9. The Labute approximate surface area is 58.2 Å². The third kappa shape index (κ3) is 1.72. The molecule has 1 fully saturated rings. The van der Waals surface area contributed by atoms with Crippen LogP contribution < -0.4 is 5.32 Å². The van der Waals surface area contributed by atoms with Gasteiger partial charge in [0.15, 0.2) is 0 Å². The summed E-state index contributed by atoms with van der Waals surface area (Å²) >= 11 is 0. The second kappa shape index (κ2) is 2.68. The van der Waals surface area contributed by atoms with Crippen molar-refractivity contribution in [2.75, 3.05) is 6.54 Å². The largest absolute Gasteiger partial charge is 0.481 e. The number of carbonyl (C=O) groups is 2. The van der Waals surface area contributed by atoms with Gasteiger partial charge in [-0.05, 0) is 5.92 Å². The molecular formula is C6H9NO3. The van der Waals surface area contributed by atoms with E-state index in [9.17, 15) is 9.59 Å². The third-order valence-corrected chi connectivity index (χ3v) is 1.53. The molecule has 0 aromatic heterocycles. The van der Waals surface area contributed by atoms with E-state index in [1.807, 2.05) is 0 Å². The highest BCUT2D eigenvalue weighted by Crippen LogP contribution is 2.12. The molecule has 1 rings (SSSR count). The normalized spacial score (nSPS) is 24.4. The van der Waals surface area contributed by atoms with E-state index < -0.39 is 5.97 Å². The van der Waals surface area contributed by atoms with Gasteiger partial charge in [0.05, 0.1) is 6.42 Å². The summed E-state index contributed by atoms with van der Waals surface area (Å²) in [6, 6.07) is 0. The maximum atomic E-state index is 10.5. The van der Waals surface area contributed by atoms with Crippen molar-refractivity contribution in [2.24, 2.45) is 5.92 Å². The maximum Gasteiger partial charge on any atom is 0.303 e. The number of hydrogen-bond donors (Lipinski definition) is 2. The van der Waals surface area contributed by atoms with Crippen LogP contribution in [0.2, 0.25) is 0 Å². The second-order valence-electron chi connectivity index (χ2n) is 2.47. The molecule has 1 atom stereocenters. The van der Waals surface area contributed by atoms with Crippen LogP contribution in [0, 0.1) is 5.92 Å². The minimum Gasteiger partial charge on any atom is -0.481 e. The van der Waals surface area contributed by atoms with Gasteiger partial charge in [0.1, 0.15) is 0 Å². The highest BCUT2D eigenvalue weighted by Gasteiger charge is 2.23. The smallest absolute Gasteiger partial charge is 0.303 e. The van der Waals surface area contributed by atoms with Crippen molar-refractivity contribution >= 4 is 11.9 Å². The van der Waals surface area contributed by atoms with Crippen LogP contribution in [0.1, 0.15) is 12.8 Å². The van der Waals surface area contributed by atoms with Crippen LogP contribution in [0.5, 0.6) is 0 Å². The van der Waals surface area contributed by atoms with Gasteiger partial charge in [0.25, 0.3) is 0 Å². The average Bonchev–Trinajstić information content (AvgIpc) is 2.13. The number of nitrogens with one attached hydrogen (secondary N) is 1. The summed E-state index contributed by atoms with van der Waals surface area (Å²) in [5.74, 6) is -0.863. The monoisotopic (exact) mass is 143 g/mol. The molecular weight excluding hydrogens is 134 g/mol. The van der Waals surface area contributed by atoms with E-state index in [-0.39, 0.29) is 18.2 Å². The average molecular weight is 143 g/mol. The molecule has 1 saturated heterocycles. The Morgan fingerprint density at radius 2 is 2.50 bits per heavy atom. The van der Waals surface area contributed by atoms with Gasteiger partial charge in [-0.2, -0.15) is 0 Å². The summed E-state index contributed by atoms with van der Waals surface area (Å²) in [4.78, 5) is 20.7. The summed E-state index contributed by atoms with van der Waals surface area (Å²) in [5.41, 5.74) is 0. The Kier molecular flexibility index (Phi) is 1.89. The zero-order valence-electron chi connectivity index (χ0n) is 5.46. The number of hydrogen-bond acceptors (Lipinski definition) is 2. The van der Waals surface area contributed by atoms with Crippen LogP contribution in [-0.2, 0) is 9.59 Å². The topological polar surface area (TPSA) is 66.4 Å². The van der Waals surface area contributed by atoms with E-state index in [0.29, 0.717) is 13.0 Å². The predicted octanol–water partition coefficient (Wildman–Crippen LogP) is -0.403. The fraction of sp³-hybridized carbons (Fsp3) is 0.667. The Bertz CT molecular complexity index is 166. The molecule has 0 aromatic carbocycles. The Morgan fingerprint density at radius 3 is 2.90 bits per heavy atom. The van der Waals surface area contributed by atoms with Crippen LogP contribution in [-0.4, -0.2) is 23.5 Å². The Hall–Kier alpha value is -1.06. The van der Waals surface area contributed by atoms with Gasteiger partial charge < -0.3 is 10.4 Å². The molecule has 4 heteroatoms. The molecule has 1 aliphatic rings. The zero-order chi connectivity index (χ0) is 7.56. The molecule has 1 unspecified atom stereocenters. The summed E-state index contributed by atoms with van der Waals surface area (Å²) < 4.78 is 0. The first-order valence-electron chi connectivity index (χ1n) is 3.17. The van der Waals surface area contributed by atoms with Gasteiger partial charge in [-0.1, -0.05) is 0 Å². The van der Waals surface area contributed by atoms with Crippen molar-refractivity contribution in [1.82, 2.24) is 5.32 Å². The van der Waals surface area contributed by atoms with Crippen LogP contribution in [0.4, 0.5) is 0 Å². The van der Waals surface area contributed by atoms with Gasteiger partial charge in [0.2, 0.25) is 5.91 Å². The quantitative estimate of drug-likeness (QED) is 0.552. The second-order valence-corrected chi connectivity index (χ2v) is 2.47. The number of amides is 1. The first kappa shape index (κ1) is 7.05. The van der Waals surface area contributed by atoms with Crippen molar-refractivity contribution in [3.63, 3.8) is 0 Å². The SMILES string of the molecule is O=C(O)CC1CNC(=O)C1. The molecule has 0 aromatic rings. The van der Waals surface area contributed by atoms with Crippen molar-refractivity contribution in [1.29, 1.82) is 0 Å². The van der Waals surface area contributed by atoms with Gasteiger partial charge in [-0.25, -0.2) is 0 Å². The summed E-state index contributed by atoms with van der Waals surface area (Å²) in [6.45, 7) is 0.519. The van der Waals surface area contributed by atoms with Crippen LogP contribution >= 0.6 is 0 Å². The van der Waals surface area contributed by atoms with E-state index in [1.165, 1.54) is 0 Å². The van der Waals surface area contributed by atoms with E-state index >= 15 is 0 Å². The lowest BCUT2D eigenvalue weighted by atomic mass is 10.1. The van der Waals surface area contributed by atoms with Gasteiger partial charge in [0, 0.05) is 13.0 Å². The first-order chi connectivity index (χ1) is 4.68. The molecule has 1 amide bonds. The molecule has 0 radical (unpaired) electrons. The molecule has 0 spiro atoms. The first-order valence-corrected chi connectivity index (χ1v) is 3.17. The van der Waals surface area contributed by atoms with E-state index in [1.54, 1.807) is 0 Å². The van der Waals surface area contributed by atoms with Crippen molar-refractivity contribution in [2.45, 2.75) is 12.8 Å². The third-order valence-electron chi connectivity index (χ3n) is 1.53.